The summed E-state index contributed by atoms with van der Waals surface area (Å²) in [6.45, 7) is 11.9. The van der Waals surface area contributed by atoms with Gasteiger partial charge in [-0.25, -0.2) is 0 Å². The number of aromatic nitrogens is 2. The number of carboxylic acid groups (broad SMARTS) is 2. The first kappa shape index (κ1) is 36.5. The molecule has 5 heterocycles. The molecule has 0 spiro atoms. The van der Waals surface area contributed by atoms with Crippen LogP contribution in [0.25, 0.3) is 16.7 Å². The fraction of sp³-hybridized carbons (Fsp3) is 0.529. The van der Waals surface area contributed by atoms with Crippen molar-refractivity contribution in [3.63, 3.8) is 0 Å². The van der Waals surface area contributed by atoms with E-state index in [1.165, 1.54) is 0 Å². The summed E-state index contributed by atoms with van der Waals surface area (Å²) >= 11 is 9.56. The predicted octanol–water partition coefficient (Wildman–Crippen LogP) is 6.12. The molecule has 0 fully saturated rings. The van der Waals surface area contributed by atoms with E-state index in [9.17, 15) is 24.9 Å². The minimum Gasteiger partial charge on any atom is -0.678 e. The van der Waals surface area contributed by atoms with Crippen LogP contribution in [0, 0.1) is 13.8 Å². The monoisotopic (exact) mass is 706 g/mol. The van der Waals surface area contributed by atoms with Crippen molar-refractivity contribution in [2.45, 2.75) is 115 Å². The summed E-state index contributed by atoms with van der Waals surface area (Å²) in [6, 6.07) is -0.582. The van der Waals surface area contributed by atoms with Crippen LogP contribution in [0.3, 0.4) is 0 Å². The van der Waals surface area contributed by atoms with E-state index in [0.717, 1.165) is 61.6 Å². The van der Waals surface area contributed by atoms with Gasteiger partial charge in [0.05, 0.1) is 0 Å². The van der Waals surface area contributed by atoms with Crippen LogP contribution in [-0.2, 0) is 45.9 Å². The van der Waals surface area contributed by atoms with Gasteiger partial charge in [-0.1, -0.05) is 57.5 Å². The van der Waals surface area contributed by atoms with Crippen molar-refractivity contribution in [3.8, 4) is 0 Å². The molecular formula is C34H42FeN4O5S2. The smallest absolute Gasteiger partial charge is 0.678 e. The normalized spacial score (nSPS) is 25.1. The molecule has 0 aliphatic carbocycles. The first-order valence-corrected chi connectivity index (χ1v) is 16.5. The van der Waals surface area contributed by atoms with Gasteiger partial charge in [-0.2, -0.15) is 42.3 Å². The Labute approximate surface area is 292 Å². The van der Waals surface area contributed by atoms with Gasteiger partial charge in [0.15, 0.2) is 0 Å². The molecule has 0 amide bonds. The number of hydrogen-bond donors (Lipinski definition) is 5. The number of aliphatic carboxylic acids is 2. The summed E-state index contributed by atoms with van der Waals surface area (Å²) in [5, 5.41) is 41.0. The van der Waals surface area contributed by atoms with Crippen LogP contribution in [0.1, 0.15) is 104 Å². The van der Waals surface area contributed by atoms with Crippen LogP contribution < -0.4 is 9.97 Å². The second kappa shape index (κ2) is 14.0. The Morgan fingerprint density at radius 3 is 2.17 bits per heavy atom. The zero-order valence-electron chi connectivity index (χ0n) is 27.0. The van der Waals surface area contributed by atoms with E-state index in [1.807, 2.05) is 47.6 Å². The number of carbonyl (C=O) groups is 2. The average molecular weight is 707 g/mol. The zero-order chi connectivity index (χ0) is 33.0. The average Bonchev–Trinajstić information content (AvgIpc) is 3.57. The molecule has 248 valence electrons. The molecule has 0 radical (unpaired) electrons. The minimum atomic E-state index is -1.49. The van der Waals surface area contributed by atoms with Crippen LogP contribution in [0.2, 0.25) is 0 Å². The van der Waals surface area contributed by atoms with E-state index in [0.29, 0.717) is 37.1 Å². The standard InChI is InChI=1S/C34H42N4O5S2.Fe/c1-15-21(7-9-30(39)40)26-13-27-22(8-10-31(41)42)16(2)24(36-27)12-28-32(19(5)44)17(3)29(37-28)14-34(43)33(20(6)45)18(4)25(38-34)11-23(15)35-26;/h13,19-20,23,25,43-45H,7-12,14H2,1-6H3,(H,39,40)(H,41,42);/q-4;+4/b26-13-;/t19-,20-,23?,25-,34+;/m0./s1. The molecule has 3 aliphatic rings. The molecular weight excluding hydrogens is 664 g/mol. The largest absolute Gasteiger partial charge is 4.00 e. The number of aliphatic hydroxyl groups is 1. The van der Waals surface area contributed by atoms with Gasteiger partial charge < -0.3 is 35.9 Å². The summed E-state index contributed by atoms with van der Waals surface area (Å²) in [6.07, 6.45) is 3.56. The van der Waals surface area contributed by atoms with Crippen molar-refractivity contribution in [3.05, 3.63) is 83.7 Å². The molecule has 8 bridgehead atoms. The molecule has 0 aromatic carbocycles. The molecule has 5 atom stereocenters. The number of fused-ring (bicyclic) bond motifs is 8. The van der Waals surface area contributed by atoms with Crippen LogP contribution in [0.5, 0.6) is 0 Å². The van der Waals surface area contributed by atoms with Gasteiger partial charge in [0.1, 0.15) is 0 Å². The van der Waals surface area contributed by atoms with Crippen LogP contribution >= 0.6 is 25.3 Å². The van der Waals surface area contributed by atoms with E-state index in [-0.39, 0.29) is 58.9 Å². The molecule has 5 rings (SSSR count). The molecule has 46 heavy (non-hydrogen) atoms. The summed E-state index contributed by atoms with van der Waals surface area (Å²) < 4.78 is 0. The second-order valence-electron chi connectivity index (χ2n) is 12.7. The van der Waals surface area contributed by atoms with Crippen LogP contribution in [-0.4, -0.2) is 50.3 Å². The van der Waals surface area contributed by atoms with E-state index in [4.69, 9.17) is 45.9 Å². The molecule has 12 heteroatoms. The molecule has 3 aliphatic heterocycles. The Morgan fingerprint density at radius 2 is 1.57 bits per heavy atom. The number of thiol groups is 2. The van der Waals surface area contributed by atoms with Crippen molar-refractivity contribution < 1.29 is 42.0 Å². The third-order valence-electron chi connectivity index (χ3n) is 9.66. The topological polar surface area (TPSA) is 151 Å². The van der Waals surface area contributed by atoms with Gasteiger partial charge in [-0.15, -0.1) is 17.4 Å². The Hall–Kier alpha value is -2.34. The van der Waals surface area contributed by atoms with Crippen LogP contribution in [0.15, 0.2) is 28.0 Å². The maximum absolute atomic E-state index is 12.2. The molecule has 0 saturated heterocycles. The fourth-order valence-electron chi connectivity index (χ4n) is 7.39. The molecule has 1 unspecified atom stereocenters. The Kier molecular flexibility index (Phi) is 11.1. The van der Waals surface area contributed by atoms with Crippen LogP contribution in [0.4, 0.5) is 0 Å². The Bertz CT molecular complexity index is 1640. The molecule has 9 nitrogen and oxygen atoms in total. The molecule has 2 aromatic rings. The van der Waals surface area contributed by atoms with Gasteiger partial charge >= 0.3 is 29.0 Å². The van der Waals surface area contributed by atoms with E-state index >= 15 is 0 Å². The van der Waals surface area contributed by atoms with Crippen molar-refractivity contribution in [2.75, 3.05) is 0 Å². The quantitative estimate of drug-likeness (QED) is 0.126. The number of allylic oxidation sites excluding steroid dienone is 1. The van der Waals surface area contributed by atoms with Crippen molar-refractivity contribution in [1.29, 1.82) is 0 Å². The number of carboxylic acids is 2. The summed E-state index contributed by atoms with van der Waals surface area (Å²) in [7, 11) is 0. The molecule has 2 aromatic heterocycles. The number of nitrogens with zero attached hydrogens (tertiary/aromatic N) is 4. The second-order valence-corrected chi connectivity index (χ2v) is 14.3. The molecule has 0 saturated carbocycles. The number of rotatable bonds is 8. The minimum absolute atomic E-state index is 0. The first-order valence-electron chi connectivity index (χ1n) is 15.5. The third-order valence-corrected chi connectivity index (χ3v) is 10.2. The zero-order valence-corrected chi connectivity index (χ0v) is 29.9. The van der Waals surface area contributed by atoms with E-state index in [1.54, 1.807) is 0 Å². The van der Waals surface area contributed by atoms with Gasteiger partial charge in [-0.3, -0.25) is 9.59 Å². The van der Waals surface area contributed by atoms with E-state index < -0.39 is 17.7 Å². The Morgan fingerprint density at radius 1 is 0.913 bits per heavy atom. The Balaban J connectivity index is 0.00000480. The summed E-state index contributed by atoms with van der Waals surface area (Å²) in [5.41, 5.74) is 9.52. The van der Waals surface area contributed by atoms with Crippen molar-refractivity contribution in [1.82, 2.24) is 9.97 Å². The summed E-state index contributed by atoms with van der Waals surface area (Å²) in [5.74, 6) is -1.78. The van der Waals surface area contributed by atoms with Gasteiger partial charge in [0, 0.05) is 29.1 Å². The van der Waals surface area contributed by atoms with Gasteiger partial charge in [-0.05, 0) is 72.8 Å². The third kappa shape index (κ3) is 6.93. The van der Waals surface area contributed by atoms with Crippen molar-refractivity contribution in [2.24, 2.45) is 0 Å². The van der Waals surface area contributed by atoms with Gasteiger partial charge in [0.2, 0.25) is 0 Å². The number of hydrogen-bond acceptors (Lipinski definition) is 5. The predicted molar refractivity (Wildman–Crippen MR) is 181 cm³/mol. The fourth-order valence-corrected chi connectivity index (χ4v) is 8.14. The molecule has 3 N–H and O–H groups in total. The van der Waals surface area contributed by atoms with Gasteiger partial charge in [0.25, 0.3) is 0 Å². The maximum Gasteiger partial charge on any atom is 4.00 e. The summed E-state index contributed by atoms with van der Waals surface area (Å²) in [4.78, 5) is 33.3. The van der Waals surface area contributed by atoms with Crippen molar-refractivity contribution >= 4 is 43.3 Å². The first-order chi connectivity index (χ1) is 21.1. The maximum atomic E-state index is 12.2. The van der Waals surface area contributed by atoms with E-state index in [2.05, 4.69) is 0 Å². The SMILES string of the molecule is CC1=C(CCC(=O)O)/C2=C/c3[n-]c(c(C)c3CCC(=O)O)Cc3[n-]c(c(C)c3[C@H](C)S)C[C@]3(O)[N-][C@@H](CC1[N-]2)C(C)=C3[C@H](C)S.[Fe+4].